The lowest BCUT2D eigenvalue weighted by molar-refractivity contribution is -0.119. The second-order valence-corrected chi connectivity index (χ2v) is 9.45. The quantitative estimate of drug-likeness (QED) is 0.678. The Morgan fingerprint density at radius 2 is 1.83 bits per heavy atom. The number of rotatable bonds is 6. The van der Waals surface area contributed by atoms with Gasteiger partial charge in [-0.2, -0.15) is 4.31 Å². The maximum atomic E-state index is 12.8. The second-order valence-electron chi connectivity index (χ2n) is 7.08. The van der Waals surface area contributed by atoms with E-state index in [0.29, 0.717) is 23.8 Å². The zero-order valence-electron chi connectivity index (χ0n) is 16.6. The minimum Gasteiger partial charge on any atom is -0.452 e. The summed E-state index contributed by atoms with van der Waals surface area (Å²) in [6.45, 7) is 2.25. The first kappa shape index (κ1) is 22.3. The Morgan fingerprint density at radius 1 is 1.10 bits per heavy atom. The lowest BCUT2D eigenvalue weighted by Crippen LogP contribution is -2.35. The first-order valence-corrected chi connectivity index (χ1v) is 11.4. The average Bonchev–Trinajstić information content (AvgIpc) is 2.75. The van der Waals surface area contributed by atoms with Crippen LogP contribution < -0.4 is 5.32 Å². The maximum Gasteiger partial charge on any atom is 0.338 e. The van der Waals surface area contributed by atoms with Crippen molar-refractivity contribution in [3.8, 4) is 0 Å². The van der Waals surface area contributed by atoms with Gasteiger partial charge in [0.25, 0.3) is 5.91 Å². The second kappa shape index (κ2) is 9.59. The number of ether oxygens (including phenoxy) is 1. The summed E-state index contributed by atoms with van der Waals surface area (Å²) >= 11 is 5.93. The van der Waals surface area contributed by atoms with Crippen molar-refractivity contribution in [2.24, 2.45) is 0 Å². The molecule has 0 aliphatic carbocycles. The van der Waals surface area contributed by atoms with E-state index in [4.69, 9.17) is 16.3 Å². The Hall–Kier alpha value is -2.42. The number of nitrogens with zero attached hydrogens (tertiary/aromatic N) is 1. The van der Waals surface area contributed by atoms with E-state index in [0.717, 1.165) is 24.8 Å². The summed E-state index contributed by atoms with van der Waals surface area (Å²) in [6, 6.07) is 10.8. The third-order valence-corrected chi connectivity index (χ3v) is 6.96. The summed E-state index contributed by atoms with van der Waals surface area (Å²) in [4.78, 5) is 24.5. The summed E-state index contributed by atoms with van der Waals surface area (Å²) in [6.07, 6.45) is 2.65. The Balaban J connectivity index is 1.64. The largest absolute Gasteiger partial charge is 0.452 e. The number of hydrogen-bond acceptors (Lipinski definition) is 5. The molecule has 2 aromatic rings. The molecule has 0 atom stereocenters. The number of carbonyl (C=O) groups is 2. The SMILES string of the molecule is Cc1ccc(Cl)cc1NC(=O)COC(=O)c1cccc(S(=O)(=O)N2CCCCC2)c1. The number of esters is 1. The topological polar surface area (TPSA) is 92.8 Å². The lowest BCUT2D eigenvalue weighted by atomic mass is 10.2. The number of benzene rings is 2. The number of nitrogens with one attached hydrogen (secondary N) is 1. The molecule has 1 N–H and O–H groups in total. The lowest BCUT2D eigenvalue weighted by Gasteiger charge is -2.25. The van der Waals surface area contributed by atoms with Crippen molar-refractivity contribution >= 4 is 39.2 Å². The number of anilines is 1. The van der Waals surface area contributed by atoms with Gasteiger partial charge >= 0.3 is 5.97 Å². The Labute approximate surface area is 181 Å². The zero-order chi connectivity index (χ0) is 21.7. The van der Waals surface area contributed by atoms with E-state index in [-0.39, 0.29) is 10.5 Å². The van der Waals surface area contributed by atoms with Gasteiger partial charge in [0.2, 0.25) is 10.0 Å². The van der Waals surface area contributed by atoms with Gasteiger partial charge in [0.1, 0.15) is 0 Å². The third kappa shape index (κ3) is 5.38. The summed E-state index contributed by atoms with van der Waals surface area (Å²) in [5, 5.41) is 3.11. The molecule has 30 heavy (non-hydrogen) atoms. The van der Waals surface area contributed by atoms with Crippen LogP contribution >= 0.6 is 11.6 Å². The normalized spacial score (nSPS) is 14.9. The van der Waals surface area contributed by atoms with Gasteiger partial charge in [0.15, 0.2) is 6.61 Å². The summed E-state index contributed by atoms with van der Waals surface area (Å²) in [5.74, 6) is -1.30. The first-order chi connectivity index (χ1) is 14.3. The van der Waals surface area contributed by atoms with E-state index < -0.39 is 28.5 Å². The fourth-order valence-corrected chi connectivity index (χ4v) is 4.90. The first-order valence-electron chi connectivity index (χ1n) is 9.61. The third-order valence-electron chi connectivity index (χ3n) is 4.83. The molecule has 0 saturated carbocycles. The monoisotopic (exact) mass is 450 g/mol. The standard InChI is InChI=1S/C21H23ClN2O5S/c1-15-8-9-17(22)13-19(15)23-20(25)14-29-21(26)16-6-5-7-18(12-16)30(27,28)24-10-3-2-4-11-24/h5-9,12-13H,2-4,10-11,14H2,1H3,(H,23,25). The van der Waals surface area contributed by atoms with Crippen molar-refractivity contribution in [3.05, 3.63) is 58.6 Å². The molecule has 1 aliphatic rings. The van der Waals surface area contributed by atoms with Crippen LogP contribution in [-0.4, -0.2) is 44.3 Å². The van der Waals surface area contributed by atoms with E-state index in [9.17, 15) is 18.0 Å². The smallest absolute Gasteiger partial charge is 0.338 e. The van der Waals surface area contributed by atoms with E-state index in [1.165, 1.54) is 28.6 Å². The van der Waals surface area contributed by atoms with Crippen molar-refractivity contribution in [2.75, 3.05) is 25.0 Å². The Kier molecular flexibility index (Phi) is 7.12. The van der Waals surface area contributed by atoms with Crippen molar-refractivity contribution < 1.29 is 22.7 Å². The molecule has 160 valence electrons. The molecule has 1 aliphatic heterocycles. The highest BCUT2D eigenvalue weighted by molar-refractivity contribution is 7.89. The van der Waals surface area contributed by atoms with Gasteiger partial charge in [-0.3, -0.25) is 4.79 Å². The molecule has 0 unspecified atom stereocenters. The van der Waals surface area contributed by atoms with Crippen LogP contribution in [0.15, 0.2) is 47.4 Å². The molecular formula is C21H23ClN2O5S. The van der Waals surface area contributed by atoms with Crippen LogP contribution in [-0.2, 0) is 19.6 Å². The van der Waals surface area contributed by atoms with Crippen LogP contribution in [0, 0.1) is 6.92 Å². The molecule has 0 radical (unpaired) electrons. The van der Waals surface area contributed by atoms with Gasteiger partial charge in [-0.1, -0.05) is 30.2 Å². The van der Waals surface area contributed by atoms with E-state index in [1.54, 1.807) is 18.2 Å². The van der Waals surface area contributed by atoms with Gasteiger partial charge in [-0.25, -0.2) is 13.2 Å². The molecule has 7 nitrogen and oxygen atoms in total. The van der Waals surface area contributed by atoms with Crippen LogP contribution in [0.3, 0.4) is 0 Å². The highest BCUT2D eigenvalue weighted by Gasteiger charge is 2.26. The fourth-order valence-electron chi connectivity index (χ4n) is 3.17. The molecule has 9 heteroatoms. The number of aryl methyl sites for hydroxylation is 1. The average molecular weight is 451 g/mol. The highest BCUT2D eigenvalue weighted by atomic mass is 35.5. The molecule has 2 aromatic carbocycles. The maximum absolute atomic E-state index is 12.8. The van der Waals surface area contributed by atoms with Gasteiger partial charge in [0, 0.05) is 23.8 Å². The van der Waals surface area contributed by atoms with Gasteiger partial charge in [0.05, 0.1) is 10.5 Å². The predicted octanol–water partition coefficient (Wildman–Crippen LogP) is 3.62. The van der Waals surface area contributed by atoms with Gasteiger partial charge in [-0.15, -0.1) is 0 Å². The van der Waals surface area contributed by atoms with Crippen LogP contribution in [0.25, 0.3) is 0 Å². The molecule has 1 heterocycles. The van der Waals surface area contributed by atoms with Gasteiger partial charge < -0.3 is 10.1 Å². The number of halogens is 1. The molecule has 3 rings (SSSR count). The Morgan fingerprint density at radius 3 is 2.57 bits per heavy atom. The molecule has 1 saturated heterocycles. The zero-order valence-corrected chi connectivity index (χ0v) is 18.1. The Bertz CT molecular complexity index is 1050. The number of sulfonamides is 1. The summed E-state index contributed by atoms with van der Waals surface area (Å²) in [7, 11) is -3.67. The molecule has 1 fully saturated rings. The molecule has 1 amide bonds. The molecule has 0 spiro atoms. The van der Waals surface area contributed by atoms with Crippen LogP contribution in [0.2, 0.25) is 5.02 Å². The number of carbonyl (C=O) groups excluding carboxylic acids is 2. The minimum atomic E-state index is -3.67. The van der Waals surface area contributed by atoms with E-state index in [1.807, 2.05) is 6.92 Å². The van der Waals surface area contributed by atoms with Crippen molar-refractivity contribution in [3.63, 3.8) is 0 Å². The molecular weight excluding hydrogens is 428 g/mol. The van der Waals surface area contributed by atoms with Gasteiger partial charge in [-0.05, 0) is 55.7 Å². The minimum absolute atomic E-state index is 0.0397. The van der Waals surface area contributed by atoms with Crippen molar-refractivity contribution in [1.82, 2.24) is 4.31 Å². The molecule has 0 aromatic heterocycles. The van der Waals surface area contributed by atoms with E-state index >= 15 is 0 Å². The van der Waals surface area contributed by atoms with E-state index in [2.05, 4.69) is 5.32 Å². The van der Waals surface area contributed by atoms with Crippen LogP contribution in [0.5, 0.6) is 0 Å². The van der Waals surface area contributed by atoms with Crippen molar-refractivity contribution in [2.45, 2.75) is 31.1 Å². The van der Waals surface area contributed by atoms with Crippen LogP contribution in [0.1, 0.15) is 35.2 Å². The number of piperidine rings is 1. The predicted molar refractivity (Wildman–Crippen MR) is 114 cm³/mol. The number of amides is 1. The highest BCUT2D eigenvalue weighted by Crippen LogP contribution is 2.22. The summed E-state index contributed by atoms with van der Waals surface area (Å²) in [5.41, 5.74) is 1.41. The van der Waals surface area contributed by atoms with Crippen LogP contribution in [0.4, 0.5) is 5.69 Å². The molecule has 0 bridgehead atoms. The summed E-state index contributed by atoms with van der Waals surface area (Å²) < 4.78 is 32.1. The van der Waals surface area contributed by atoms with Crippen molar-refractivity contribution in [1.29, 1.82) is 0 Å². The number of hydrogen-bond donors (Lipinski definition) is 1. The fraction of sp³-hybridized carbons (Fsp3) is 0.333.